The molecule has 3 aromatic carbocycles. The third-order valence-corrected chi connectivity index (χ3v) is 7.57. The number of carbonyl (C=O) groups excluding carboxylic acids is 2. The van der Waals surface area contributed by atoms with Crippen LogP contribution in [0.2, 0.25) is 0 Å². The number of hydrogen-bond acceptors (Lipinski definition) is 9. The van der Waals surface area contributed by atoms with E-state index in [9.17, 15) is 14.0 Å². The minimum absolute atomic E-state index is 0.0238. The van der Waals surface area contributed by atoms with Crippen LogP contribution in [0.15, 0.2) is 71.9 Å². The van der Waals surface area contributed by atoms with Gasteiger partial charge < -0.3 is 20.1 Å². The summed E-state index contributed by atoms with van der Waals surface area (Å²) in [5.41, 5.74) is 1.53. The van der Waals surface area contributed by atoms with E-state index in [0.29, 0.717) is 33.3 Å². The van der Waals surface area contributed by atoms with Gasteiger partial charge in [0.15, 0.2) is 16.1 Å². The van der Waals surface area contributed by atoms with Crippen molar-refractivity contribution >= 4 is 50.3 Å². The minimum Gasteiger partial charge on any atom is -0.497 e. The van der Waals surface area contributed by atoms with Gasteiger partial charge >= 0.3 is 0 Å². The van der Waals surface area contributed by atoms with E-state index in [2.05, 4.69) is 25.8 Å². The molecule has 0 aliphatic heterocycles. The monoisotopic (exact) mass is 578 g/mol. The number of anilines is 1. The van der Waals surface area contributed by atoms with Crippen LogP contribution in [-0.2, 0) is 11.3 Å². The number of halogens is 1. The van der Waals surface area contributed by atoms with Gasteiger partial charge in [-0.15, -0.1) is 10.2 Å². The van der Waals surface area contributed by atoms with Gasteiger partial charge in [0.25, 0.3) is 5.91 Å². The van der Waals surface area contributed by atoms with Gasteiger partial charge in [0.2, 0.25) is 5.91 Å². The fourth-order valence-corrected chi connectivity index (χ4v) is 5.47. The maximum absolute atomic E-state index is 13.6. The van der Waals surface area contributed by atoms with Crippen molar-refractivity contribution in [3.05, 3.63) is 83.9 Å². The third kappa shape index (κ3) is 6.05. The molecule has 0 aliphatic carbocycles. The molecule has 2 aromatic heterocycles. The first-order valence-electron chi connectivity index (χ1n) is 11.9. The second kappa shape index (κ2) is 12.1. The van der Waals surface area contributed by atoms with Crippen LogP contribution in [0.1, 0.15) is 16.2 Å². The molecule has 2 N–H and O–H groups in total. The van der Waals surface area contributed by atoms with Crippen LogP contribution < -0.4 is 20.1 Å². The zero-order chi connectivity index (χ0) is 28.1. The standard InChI is InChI=1S/C27H23FN6O4S2/c1-37-18-10-11-21(38-2)20(13-18)34-23(14-29-25(36)16-6-5-7-17(28)12-16)32-33-27(34)39-15-24(35)31-26-30-19-8-3-4-9-22(19)40-26/h3-13H,14-15H2,1-2H3,(H,29,36)(H,30,31,35). The highest BCUT2D eigenvalue weighted by atomic mass is 32.2. The summed E-state index contributed by atoms with van der Waals surface area (Å²) < 4.78 is 27.2. The Morgan fingerprint density at radius 3 is 2.65 bits per heavy atom. The van der Waals surface area contributed by atoms with Crippen molar-refractivity contribution in [3.63, 3.8) is 0 Å². The Bertz CT molecular complexity index is 1660. The van der Waals surface area contributed by atoms with Gasteiger partial charge in [0, 0.05) is 11.6 Å². The smallest absolute Gasteiger partial charge is 0.251 e. The molecular weight excluding hydrogens is 555 g/mol. The lowest BCUT2D eigenvalue weighted by Crippen LogP contribution is -2.25. The normalized spacial score (nSPS) is 10.9. The van der Waals surface area contributed by atoms with Crippen molar-refractivity contribution in [1.29, 1.82) is 0 Å². The topological polar surface area (TPSA) is 120 Å². The van der Waals surface area contributed by atoms with Gasteiger partial charge in [-0.1, -0.05) is 41.3 Å². The first-order valence-corrected chi connectivity index (χ1v) is 13.7. The molecule has 2 heterocycles. The van der Waals surface area contributed by atoms with Gasteiger partial charge in [-0.2, -0.15) is 0 Å². The molecule has 10 nitrogen and oxygen atoms in total. The second-order valence-electron chi connectivity index (χ2n) is 8.29. The molecule has 5 rings (SSSR count). The van der Waals surface area contributed by atoms with Gasteiger partial charge in [0.1, 0.15) is 17.3 Å². The molecule has 0 bridgehead atoms. The van der Waals surface area contributed by atoms with Crippen LogP contribution in [0.4, 0.5) is 9.52 Å². The molecule has 0 saturated carbocycles. The second-order valence-corrected chi connectivity index (χ2v) is 10.3. The lowest BCUT2D eigenvalue weighted by atomic mass is 10.2. The summed E-state index contributed by atoms with van der Waals surface area (Å²) in [6.07, 6.45) is 0. The number of rotatable bonds is 10. The number of para-hydroxylation sites is 1. The molecule has 13 heteroatoms. The van der Waals surface area contributed by atoms with Crippen molar-refractivity contribution in [2.45, 2.75) is 11.7 Å². The third-order valence-electron chi connectivity index (χ3n) is 5.69. The molecule has 0 fully saturated rings. The number of methoxy groups -OCH3 is 2. The number of nitrogens with one attached hydrogen (secondary N) is 2. The average molecular weight is 579 g/mol. The predicted octanol–water partition coefficient (Wildman–Crippen LogP) is 4.69. The van der Waals surface area contributed by atoms with Crippen molar-refractivity contribution in [2.24, 2.45) is 0 Å². The van der Waals surface area contributed by atoms with Crippen LogP contribution >= 0.6 is 23.1 Å². The fraction of sp³-hybridized carbons (Fsp3) is 0.148. The van der Waals surface area contributed by atoms with Crippen molar-refractivity contribution < 1.29 is 23.5 Å². The highest BCUT2D eigenvalue weighted by Crippen LogP contribution is 2.32. The zero-order valence-corrected chi connectivity index (χ0v) is 23.0. The lowest BCUT2D eigenvalue weighted by Gasteiger charge is -2.15. The van der Waals surface area contributed by atoms with Crippen LogP contribution in [0.3, 0.4) is 0 Å². The molecule has 40 heavy (non-hydrogen) atoms. The summed E-state index contributed by atoms with van der Waals surface area (Å²) in [5.74, 6) is 0.192. The number of ether oxygens (including phenoxy) is 2. The number of benzene rings is 3. The Hall–Kier alpha value is -4.49. The molecule has 0 atom stereocenters. The molecule has 0 saturated heterocycles. The number of amides is 2. The van der Waals surface area contributed by atoms with Gasteiger partial charge in [0.05, 0.1) is 42.4 Å². The summed E-state index contributed by atoms with van der Waals surface area (Å²) in [4.78, 5) is 29.9. The van der Waals surface area contributed by atoms with Crippen molar-refractivity contribution in [1.82, 2.24) is 25.1 Å². The van der Waals surface area contributed by atoms with E-state index in [1.54, 1.807) is 29.9 Å². The van der Waals surface area contributed by atoms with Crippen LogP contribution in [-0.4, -0.2) is 51.5 Å². The van der Waals surface area contributed by atoms with Crippen molar-refractivity contribution in [2.75, 3.05) is 25.3 Å². The maximum atomic E-state index is 13.6. The van der Waals surface area contributed by atoms with Gasteiger partial charge in [-0.3, -0.25) is 14.2 Å². The highest BCUT2D eigenvalue weighted by Gasteiger charge is 2.21. The molecule has 0 aliphatic rings. The largest absolute Gasteiger partial charge is 0.497 e. The quantitative estimate of drug-likeness (QED) is 0.229. The van der Waals surface area contributed by atoms with E-state index in [1.807, 2.05) is 24.3 Å². The average Bonchev–Trinajstić information content (AvgIpc) is 3.57. The number of thiazole rings is 1. The Labute approximate surface area is 236 Å². The summed E-state index contributed by atoms with van der Waals surface area (Å²) in [7, 11) is 3.07. The highest BCUT2D eigenvalue weighted by molar-refractivity contribution is 7.99. The van der Waals surface area contributed by atoms with E-state index in [4.69, 9.17) is 9.47 Å². The zero-order valence-electron chi connectivity index (χ0n) is 21.4. The maximum Gasteiger partial charge on any atom is 0.251 e. The predicted molar refractivity (Wildman–Crippen MR) is 151 cm³/mol. The Balaban J connectivity index is 1.38. The first-order chi connectivity index (χ1) is 19.4. The SMILES string of the molecule is COc1ccc(OC)c(-n2c(CNC(=O)c3cccc(F)c3)nnc2SCC(=O)Nc2nc3ccccc3s2)c1. The molecule has 0 spiro atoms. The van der Waals surface area contributed by atoms with E-state index in [0.717, 1.165) is 28.0 Å². The van der Waals surface area contributed by atoms with Crippen LogP contribution in [0, 0.1) is 5.82 Å². The number of aromatic nitrogens is 4. The van der Waals surface area contributed by atoms with E-state index >= 15 is 0 Å². The van der Waals surface area contributed by atoms with Crippen molar-refractivity contribution in [3.8, 4) is 17.2 Å². The lowest BCUT2D eigenvalue weighted by molar-refractivity contribution is -0.113. The fourth-order valence-electron chi connectivity index (χ4n) is 3.82. The Morgan fingerprint density at radius 1 is 1.02 bits per heavy atom. The van der Waals surface area contributed by atoms with E-state index < -0.39 is 11.7 Å². The number of carbonyl (C=O) groups is 2. The molecule has 204 valence electrons. The molecular formula is C27H23FN6O4S2. The molecule has 0 radical (unpaired) electrons. The number of nitrogens with zero attached hydrogens (tertiary/aromatic N) is 4. The number of thioether (sulfide) groups is 1. The first kappa shape index (κ1) is 27.1. The minimum atomic E-state index is -0.514. The van der Waals surface area contributed by atoms with Gasteiger partial charge in [-0.25, -0.2) is 9.37 Å². The number of hydrogen-bond donors (Lipinski definition) is 2. The molecule has 5 aromatic rings. The van der Waals surface area contributed by atoms with E-state index in [1.165, 1.54) is 36.6 Å². The molecule has 0 unspecified atom stereocenters. The van der Waals surface area contributed by atoms with Gasteiger partial charge in [-0.05, 0) is 42.5 Å². The van der Waals surface area contributed by atoms with E-state index in [-0.39, 0.29) is 23.8 Å². The summed E-state index contributed by atoms with van der Waals surface area (Å²) in [5, 5.41) is 15.0. The summed E-state index contributed by atoms with van der Waals surface area (Å²) in [6.45, 7) is -0.0266. The summed E-state index contributed by atoms with van der Waals surface area (Å²) in [6, 6.07) is 18.2. The summed E-state index contributed by atoms with van der Waals surface area (Å²) >= 11 is 2.55. The Kier molecular flexibility index (Phi) is 8.22. The number of fused-ring (bicyclic) bond motifs is 1. The van der Waals surface area contributed by atoms with Crippen LogP contribution in [0.25, 0.3) is 15.9 Å². The van der Waals surface area contributed by atoms with Crippen LogP contribution in [0.5, 0.6) is 11.5 Å². The Morgan fingerprint density at radius 2 is 1.88 bits per heavy atom. The molecule has 2 amide bonds.